The SMILES string of the molecule is O=C(Nc1ccc2ccccc2n1)c1cccc(=O)n1CCOc1ccccc1Cl. The lowest BCUT2D eigenvalue weighted by Gasteiger charge is -2.14. The first-order valence-electron chi connectivity index (χ1n) is 9.36. The van der Waals surface area contributed by atoms with Crippen molar-refractivity contribution in [1.82, 2.24) is 9.55 Å². The summed E-state index contributed by atoms with van der Waals surface area (Å²) in [5.74, 6) is 0.511. The number of ether oxygens (including phenoxy) is 1. The Morgan fingerprint density at radius 1 is 0.967 bits per heavy atom. The first-order chi connectivity index (χ1) is 14.6. The lowest BCUT2D eigenvalue weighted by Crippen LogP contribution is -2.30. The summed E-state index contributed by atoms with van der Waals surface area (Å²) in [5, 5.41) is 4.22. The summed E-state index contributed by atoms with van der Waals surface area (Å²) in [6.45, 7) is 0.376. The molecule has 0 fully saturated rings. The average molecular weight is 420 g/mol. The number of anilines is 1. The minimum Gasteiger partial charge on any atom is -0.490 e. The van der Waals surface area contributed by atoms with Gasteiger partial charge >= 0.3 is 0 Å². The Bertz CT molecular complexity index is 1270. The third-order valence-corrected chi connectivity index (χ3v) is 4.84. The van der Waals surface area contributed by atoms with Crippen LogP contribution in [0.5, 0.6) is 5.75 Å². The van der Waals surface area contributed by atoms with E-state index in [-0.39, 0.29) is 24.4 Å². The van der Waals surface area contributed by atoms with Crippen LogP contribution in [0, 0.1) is 0 Å². The fourth-order valence-electron chi connectivity index (χ4n) is 3.07. The molecule has 0 aliphatic carbocycles. The number of carbonyl (C=O) groups excluding carboxylic acids is 1. The van der Waals surface area contributed by atoms with Gasteiger partial charge in [0.05, 0.1) is 17.1 Å². The second-order valence-corrected chi connectivity index (χ2v) is 6.93. The third kappa shape index (κ3) is 4.34. The second kappa shape index (κ2) is 8.80. The van der Waals surface area contributed by atoms with Crippen molar-refractivity contribution >= 4 is 34.2 Å². The minimum absolute atomic E-state index is 0.183. The quantitative estimate of drug-likeness (QED) is 0.503. The van der Waals surface area contributed by atoms with E-state index in [2.05, 4.69) is 10.3 Å². The van der Waals surface area contributed by atoms with Gasteiger partial charge in [-0.3, -0.25) is 9.59 Å². The van der Waals surface area contributed by atoms with Gasteiger partial charge in [-0.05, 0) is 36.4 Å². The van der Waals surface area contributed by atoms with Gasteiger partial charge in [0.15, 0.2) is 0 Å². The summed E-state index contributed by atoms with van der Waals surface area (Å²) in [7, 11) is 0. The predicted octanol–water partition coefficient (Wildman–Crippen LogP) is 4.38. The first-order valence-corrected chi connectivity index (χ1v) is 9.74. The van der Waals surface area contributed by atoms with E-state index in [1.807, 2.05) is 36.4 Å². The summed E-state index contributed by atoms with van der Waals surface area (Å²) >= 11 is 6.09. The highest BCUT2D eigenvalue weighted by atomic mass is 35.5. The number of halogens is 1. The zero-order chi connectivity index (χ0) is 20.9. The number of hydrogen-bond acceptors (Lipinski definition) is 4. The molecule has 0 atom stereocenters. The number of para-hydroxylation sites is 2. The highest BCUT2D eigenvalue weighted by Gasteiger charge is 2.13. The molecule has 6 nitrogen and oxygen atoms in total. The van der Waals surface area contributed by atoms with Crippen LogP contribution in [-0.4, -0.2) is 22.1 Å². The van der Waals surface area contributed by atoms with E-state index < -0.39 is 5.91 Å². The molecule has 4 rings (SSSR count). The Morgan fingerprint density at radius 2 is 1.77 bits per heavy atom. The largest absolute Gasteiger partial charge is 0.490 e. The Labute approximate surface area is 177 Å². The number of nitrogens with one attached hydrogen (secondary N) is 1. The fourth-order valence-corrected chi connectivity index (χ4v) is 3.26. The molecule has 1 amide bonds. The van der Waals surface area contributed by atoms with Gasteiger partial charge in [0.25, 0.3) is 11.5 Å². The van der Waals surface area contributed by atoms with Crippen molar-refractivity contribution in [3.8, 4) is 5.75 Å². The number of carbonyl (C=O) groups is 1. The fraction of sp³-hybridized carbons (Fsp3) is 0.0870. The van der Waals surface area contributed by atoms with E-state index >= 15 is 0 Å². The standard InChI is InChI=1S/C23H18ClN3O3/c24-17-7-2-4-10-20(17)30-15-14-27-19(9-5-11-22(27)28)23(29)26-21-13-12-16-6-1-3-8-18(16)25-21/h1-13H,14-15H2,(H,25,26,29). The first kappa shape index (κ1) is 19.7. The average Bonchev–Trinajstić information content (AvgIpc) is 2.76. The molecule has 0 saturated carbocycles. The normalized spacial score (nSPS) is 10.7. The number of nitrogens with zero attached hydrogens (tertiary/aromatic N) is 2. The molecule has 2 heterocycles. The molecule has 2 aromatic carbocycles. The van der Waals surface area contributed by atoms with Gasteiger partial charge in [-0.15, -0.1) is 0 Å². The van der Waals surface area contributed by atoms with E-state index in [0.29, 0.717) is 16.6 Å². The molecule has 0 bridgehead atoms. The molecule has 0 saturated heterocycles. The summed E-state index contributed by atoms with van der Waals surface area (Å²) < 4.78 is 7.03. The van der Waals surface area contributed by atoms with Crippen molar-refractivity contribution in [3.63, 3.8) is 0 Å². The monoisotopic (exact) mass is 419 g/mol. The van der Waals surface area contributed by atoms with Crippen molar-refractivity contribution in [2.45, 2.75) is 6.54 Å². The van der Waals surface area contributed by atoms with E-state index in [0.717, 1.165) is 10.9 Å². The van der Waals surface area contributed by atoms with Crippen LogP contribution in [0.1, 0.15) is 10.5 Å². The maximum absolute atomic E-state index is 12.8. The van der Waals surface area contributed by atoms with Gasteiger partial charge < -0.3 is 14.6 Å². The van der Waals surface area contributed by atoms with Gasteiger partial charge in [-0.25, -0.2) is 4.98 Å². The van der Waals surface area contributed by atoms with Gasteiger partial charge in [0.1, 0.15) is 23.9 Å². The van der Waals surface area contributed by atoms with Crippen molar-refractivity contribution in [3.05, 3.63) is 99.9 Å². The van der Waals surface area contributed by atoms with Crippen LogP contribution in [0.4, 0.5) is 5.82 Å². The van der Waals surface area contributed by atoms with Crippen LogP contribution >= 0.6 is 11.6 Å². The van der Waals surface area contributed by atoms with Gasteiger partial charge in [-0.1, -0.05) is 48.0 Å². The molecule has 1 N–H and O–H groups in total. The van der Waals surface area contributed by atoms with Gasteiger partial charge in [-0.2, -0.15) is 0 Å². The molecule has 150 valence electrons. The molecule has 7 heteroatoms. The maximum atomic E-state index is 12.8. The molecule has 0 radical (unpaired) electrons. The maximum Gasteiger partial charge on any atom is 0.273 e. The summed E-state index contributed by atoms with van der Waals surface area (Å²) in [6.07, 6.45) is 0. The molecule has 4 aromatic rings. The molecular weight excluding hydrogens is 402 g/mol. The van der Waals surface area contributed by atoms with Crippen LogP contribution < -0.4 is 15.6 Å². The molecular formula is C23H18ClN3O3. The van der Waals surface area contributed by atoms with Crippen LogP contribution in [0.3, 0.4) is 0 Å². The number of amides is 1. The molecule has 2 aromatic heterocycles. The third-order valence-electron chi connectivity index (χ3n) is 4.53. The van der Waals surface area contributed by atoms with Crippen molar-refractivity contribution < 1.29 is 9.53 Å². The number of rotatable bonds is 6. The molecule has 0 aliphatic rings. The Balaban J connectivity index is 1.51. The van der Waals surface area contributed by atoms with E-state index in [4.69, 9.17) is 16.3 Å². The summed E-state index contributed by atoms with van der Waals surface area (Å²) in [5.41, 5.74) is 0.700. The summed E-state index contributed by atoms with van der Waals surface area (Å²) in [4.78, 5) is 29.7. The van der Waals surface area contributed by atoms with Crippen LogP contribution in [0.15, 0.2) is 83.7 Å². The Morgan fingerprint density at radius 3 is 2.63 bits per heavy atom. The Kier molecular flexibility index (Phi) is 5.77. The highest BCUT2D eigenvalue weighted by molar-refractivity contribution is 6.32. The van der Waals surface area contributed by atoms with Crippen LogP contribution in [0.2, 0.25) is 5.02 Å². The van der Waals surface area contributed by atoms with E-state index in [9.17, 15) is 9.59 Å². The second-order valence-electron chi connectivity index (χ2n) is 6.52. The molecule has 0 aliphatic heterocycles. The highest BCUT2D eigenvalue weighted by Crippen LogP contribution is 2.23. The number of aromatic nitrogens is 2. The molecule has 30 heavy (non-hydrogen) atoms. The number of hydrogen-bond donors (Lipinski definition) is 1. The minimum atomic E-state index is -0.423. The predicted molar refractivity (Wildman–Crippen MR) is 117 cm³/mol. The lowest BCUT2D eigenvalue weighted by molar-refractivity contribution is 0.101. The van der Waals surface area contributed by atoms with Crippen LogP contribution in [0.25, 0.3) is 10.9 Å². The molecule has 0 spiro atoms. The molecule has 0 unspecified atom stereocenters. The Hall–Kier alpha value is -3.64. The van der Waals surface area contributed by atoms with Gasteiger partial charge in [0, 0.05) is 11.5 Å². The zero-order valence-corrected chi connectivity index (χ0v) is 16.7. The smallest absolute Gasteiger partial charge is 0.273 e. The lowest BCUT2D eigenvalue weighted by atomic mass is 10.2. The van der Waals surface area contributed by atoms with Crippen molar-refractivity contribution in [2.75, 3.05) is 11.9 Å². The summed E-state index contributed by atoms with van der Waals surface area (Å²) in [6, 6.07) is 22.9. The zero-order valence-electron chi connectivity index (χ0n) is 15.9. The number of benzene rings is 2. The topological polar surface area (TPSA) is 73.2 Å². The number of fused-ring (bicyclic) bond motifs is 1. The van der Waals surface area contributed by atoms with E-state index in [1.54, 1.807) is 36.4 Å². The van der Waals surface area contributed by atoms with E-state index in [1.165, 1.54) is 10.6 Å². The van der Waals surface area contributed by atoms with Crippen molar-refractivity contribution in [1.29, 1.82) is 0 Å². The number of pyridine rings is 2. The van der Waals surface area contributed by atoms with Gasteiger partial charge in [0.2, 0.25) is 0 Å². The van der Waals surface area contributed by atoms with Crippen molar-refractivity contribution in [2.24, 2.45) is 0 Å². The van der Waals surface area contributed by atoms with Crippen LogP contribution in [-0.2, 0) is 6.54 Å².